The van der Waals surface area contributed by atoms with Crippen molar-refractivity contribution in [2.24, 2.45) is 0 Å². The van der Waals surface area contributed by atoms with Crippen LogP contribution in [0.2, 0.25) is 0 Å². The normalized spacial score (nSPS) is 10.6. The average molecular weight is 358 g/mol. The molecular formula is C13H12BrNO4S. The number of hydrogen-bond donors (Lipinski definition) is 1. The van der Waals surface area contributed by atoms with Gasteiger partial charge in [-0.3, -0.25) is 4.79 Å². The Kier molecular flexibility index (Phi) is 4.29. The van der Waals surface area contributed by atoms with Gasteiger partial charge >= 0.3 is 11.9 Å². The maximum atomic E-state index is 11.9. The van der Waals surface area contributed by atoms with E-state index in [0.29, 0.717) is 26.2 Å². The van der Waals surface area contributed by atoms with E-state index in [2.05, 4.69) is 15.9 Å². The Bertz CT molecular complexity index is 695. The molecule has 0 unspecified atom stereocenters. The molecule has 0 saturated carbocycles. The minimum absolute atomic E-state index is 0.280. The molecule has 0 radical (unpaired) electrons. The monoisotopic (exact) mass is 357 g/mol. The Hall–Kier alpha value is -1.60. The Morgan fingerprint density at radius 2 is 2.10 bits per heavy atom. The second kappa shape index (κ2) is 5.80. The van der Waals surface area contributed by atoms with E-state index >= 15 is 0 Å². The minimum Gasteiger partial charge on any atom is -0.462 e. The summed E-state index contributed by atoms with van der Waals surface area (Å²) >= 11 is 4.56. The second-order valence-corrected chi connectivity index (χ2v) is 5.87. The van der Waals surface area contributed by atoms with Crippen molar-refractivity contribution in [3.05, 3.63) is 22.2 Å². The molecule has 2 N–H and O–H groups in total. The number of esters is 2. The highest BCUT2D eigenvalue weighted by Gasteiger charge is 2.20. The van der Waals surface area contributed by atoms with Crippen LogP contribution in [0.3, 0.4) is 0 Å². The van der Waals surface area contributed by atoms with Gasteiger partial charge in [0.25, 0.3) is 0 Å². The predicted molar refractivity (Wildman–Crippen MR) is 81.2 cm³/mol. The number of nitrogen functional groups attached to an aromatic ring is 1. The lowest BCUT2D eigenvalue weighted by Crippen LogP contribution is -2.06. The summed E-state index contributed by atoms with van der Waals surface area (Å²) in [4.78, 5) is 22.9. The van der Waals surface area contributed by atoms with Crippen molar-refractivity contribution in [3.8, 4) is 5.75 Å². The van der Waals surface area contributed by atoms with Gasteiger partial charge in [0.05, 0.1) is 11.1 Å². The quantitative estimate of drug-likeness (QED) is 0.673. The van der Waals surface area contributed by atoms with Crippen molar-refractivity contribution < 1.29 is 19.1 Å². The minimum atomic E-state index is -0.455. The van der Waals surface area contributed by atoms with Gasteiger partial charge in [0.15, 0.2) is 0 Å². The van der Waals surface area contributed by atoms with E-state index in [1.807, 2.05) is 0 Å². The van der Waals surface area contributed by atoms with Crippen LogP contribution in [0.5, 0.6) is 5.75 Å². The summed E-state index contributed by atoms with van der Waals surface area (Å²) in [6, 6.07) is 3.37. The number of nitrogens with two attached hydrogens (primary N) is 1. The first-order valence-corrected chi connectivity index (χ1v) is 7.42. The van der Waals surface area contributed by atoms with Crippen LogP contribution in [0.15, 0.2) is 16.6 Å². The van der Waals surface area contributed by atoms with Crippen molar-refractivity contribution >= 4 is 54.3 Å². The molecule has 1 aromatic heterocycles. The summed E-state index contributed by atoms with van der Waals surface area (Å²) in [5, 5.41) is 1.05. The third-order valence-corrected chi connectivity index (χ3v) is 4.10. The fourth-order valence-electron chi connectivity index (χ4n) is 1.76. The first kappa shape index (κ1) is 14.8. The molecule has 0 bridgehead atoms. The lowest BCUT2D eigenvalue weighted by molar-refractivity contribution is -0.131. The maximum absolute atomic E-state index is 11.9. The first-order chi connectivity index (χ1) is 9.43. The third kappa shape index (κ3) is 2.78. The van der Waals surface area contributed by atoms with Gasteiger partial charge in [-0.1, -0.05) is 0 Å². The summed E-state index contributed by atoms with van der Waals surface area (Å²) in [5.74, 6) is -0.481. The van der Waals surface area contributed by atoms with Crippen LogP contribution in [0, 0.1) is 0 Å². The molecule has 7 heteroatoms. The van der Waals surface area contributed by atoms with Crippen LogP contribution in [0.1, 0.15) is 24.2 Å². The molecule has 0 aliphatic heterocycles. The Morgan fingerprint density at radius 3 is 2.70 bits per heavy atom. The summed E-state index contributed by atoms with van der Waals surface area (Å²) in [6.07, 6.45) is 0. The molecule has 0 saturated heterocycles. The highest BCUT2D eigenvalue weighted by molar-refractivity contribution is 9.10. The van der Waals surface area contributed by atoms with Crippen LogP contribution in [0.4, 0.5) is 5.00 Å². The molecule has 5 nitrogen and oxygen atoms in total. The SMILES string of the molecule is CCOC(=O)c1c(N)sc2cc(OC(C)=O)c(Br)cc12. The third-order valence-electron chi connectivity index (χ3n) is 2.50. The molecule has 0 fully saturated rings. The number of anilines is 1. The molecule has 0 spiro atoms. The van der Waals surface area contributed by atoms with Crippen LogP contribution in [0.25, 0.3) is 10.1 Å². The molecule has 1 heterocycles. The molecule has 0 aliphatic carbocycles. The summed E-state index contributed by atoms with van der Waals surface area (Å²) in [7, 11) is 0. The van der Waals surface area contributed by atoms with Crippen molar-refractivity contribution in [2.45, 2.75) is 13.8 Å². The van der Waals surface area contributed by atoms with Crippen LogP contribution in [-0.4, -0.2) is 18.5 Å². The number of benzene rings is 1. The topological polar surface area (TPSA) is 78.6 Å². The number of hydrogen-bond acceptors (Lipinski definition) is 6. The molecule has 106 valence electrons. The Labute approximate surface area is 127 Å². The van der Waals surface area contributed by atoms with Gasteiger partial charge in [-0.15, -0.1) is 11.3 Å². The molecule has 20 heavy (non-hydrogen) atoms. The standard InChI is InChI=1S/C13H12BrNO4S/c1-3-18-13(17)11-7-4-8(14)9(19-6(2)16)5-10(7)20-12(11)15/h4-5H,3,15H2,1-2H3. The Morgan fingerprint density at radius 1 is 1.40 bits per heavy atom. The molecule has 0 aliphatic rings. The van der Waals surface area contributed by atoms with Crippen LogP contribution < -0.4 is 10.5 Å². The van der Waals surface area contributed by atoms with E-state index in [-0.39, 0.29) is 6.61 Å². The van der Waals surface area contributed by atoms with Gasteiger partial charge in [0.1, 0.15) is 16.3 Å². The number of thiophene rings is 1. The average Bonchev–Trinajstić information content (AvgIpc) is 2.64. The molecule has 1 aromatic carbocycles. The maximum Gasteiger partial charge on any atom is 0.341 e. The lowest BCUT2D eigenvalue weighted by atomic mass is 10.1. The highest BCUT2D eigenvalue weighted by atomic mass is 79.9. The van der Waals surface area contributed by atoms with Crippen molar-refractivity contribution in [1.29, 1.82) is 0 Å². The highest BCUT2D eigenvalue weighted by Crippen LogP contribution is 2.39. The number of carbonyl (C=O) groups excluding carboxylic acids is 2. The number of halogens is 1. The van der Waals surface area contributed by atoms with Crippen molar-refractivity contribution in [3.63, 3.8) is 0 Å². The molecule has 2 rings (SSSR count). The van der Waals surface area contributed by atoms with E-state index in [1.54, 1.807) is 19.1 Å². The molecular weight excluding hydrogens is 346 g/mol. The van der Waals surface area contributed by atoms with Gasteiger partial charge in [0, 0.05) is 23.1 Å². The van der Waals surface area contributed by atoms with Gasteiger partial charge in [0.2, 0.25) is 0 Å². The zero-order valence-electron chi connectivity index (χ0n) is 10.9. The van der Waals surface area contributed by atoms with Crippen molar-refractivity contribution in [2.75, 3.05) is 12.3 Å². The number of fused-ring (bicyclic) bond motifs is 1. The summed E-state index contributed by atoms with van der Waals surface area (Å²) in [5.41, 5.74) is 6.23. The lowest BCUT2D eigenvalue weighted by Gasteiger charge is -2.05. The fraction of sp³-hybridized carbons (Fsp3) is 0.231. The van der Waals surface area contributed by atoms with Crippen LogP contribution >= 0.6 is 27.3 Å². The van der Waals surface area contributed by atoms with E-state index in [9.17, 15) is 9.59 Å². The van der Waals surface area contributed by atoms with E-state index in [4.69, 9.17) is 15.2 Å². The summed E-state index contributed by atoms with van der Waals surface area (Å²) < 4.78 is 11.4. The van der Waals surface area contributed by atoms with Crippen molar-refractivity contribution in [1.82, 2.24) is 0 Å². The largest absolute Gasteiger partial charge is 0.462 e. The predicted octanol–water partition coefficient (Wildman–Crippen LogP) is 3.35. The molecule has 0 amide bonds. The second-order valence-electron chi connectivity index (χ2n) is 3.93. The molecule has 0 atom stereocenters. The number of ether oxygens (including phenoxy) is 2. The smallest absolute Gasteiger partial charge is 0.341 e. The van der Waals surface area contributed by atoms with Gasteiger partial charge in [-0.2, -0.15) is 0 Å². The molecule has 2 aromatic rings. The zero-order valence-corrected chi connectivity index (χ0v) is 13.3. The Balaban J connectivity index is 2.57. The summed E-state index contributed by atoms with van der Waals surface area (Å²) in [6.45, 7) is 3.34. The number of rotatable bonds is 3. The zero-order chi connectivity index (χ0) is 14.9. The number of carbonyl (C=O) groups is 2. The van der Waals surface area contributed by atoms with E-state index in [1.165, 1.54) is 18.3 Å². The first-order valence-electron chi connectivity index (χ1n) is 5.81. The van der Waals surface area contributed by atoms with Gasteiger partial charge in [-0.05, 0) is 28.9 Å². The van der Waals surface area contributed by atoms with Crippen LogP contribution in [-0.2, 0) is 9.53 Å². The van der Waals surface area contributed by atoms with Gasteiger partial charge < -0.3 is 15.2 Å². The van der Waals surface area contributed by atoms with Gasteiger partial charge in [-0.25, -0.2) is 4.79 Å². The fourth-order valence-corrected chi connectivity index (χ4v) is 3.16. The van der Waals surface area contributed by atoms with E-state index < -0.39 is 11.9 Å². The van der Waals surface area contributed by atoms with E-state index in [0.717, 1.165) is 4.70 Å².